The average Bonchev–Trinajstić information content (AvgIpc) is 2.83. The van der Waals surface area contributed by atoms with Gasteiger partial charge in [-0.05, 0) is 28.1 Å². The summed E-state index contributed by atoms with van der Waals surface area (Å²) in [6.45, 7) is 0.396. The van der Waals surface area contributed by atoms with E-state index in [0.29, 0.717) is 6.54 Å². The van der Waals surface area contributed by atoms with Crippen LogP contribution in [-0.2, 0) is 6.54 Å². The second kappa shape index (κ2) is 6.19. The first kappa shape index (κ1) is 15.4. The monoisotopic (exact) mass is 371 g/mol. The quantitative estimate of drug-likeness (QED) is 0.640. The molecule has 0 amide bonds. The summed E-state index contributed by atoms with van der Waals surface area (Å²) in [4.78, 5) is 27.8. The van der Waals surface area contributed by atoms with E-state index in [1.54, 1.807) is 11.9 Å². The number of nitro groups is 1. The highest BCUT2D eigenvalue weighted by molar-refractivity contribution is 9.10. The number of carboxylic acids is 1. The van der Waals surface area contributed by atoms with Crippen molar-refractivity contribution in [3.05, 3.63) is 48.7 Å². The van der Waals surface area contributed by atoms with Crippen LogP contribution in [0.2, 0.25) is 0 Å². The normalized spacial score (nSPS) is 10.4. The topological polar surface area (TPSA) is 96.6 Å². The Hall–Kier alpha value is -2.00. The molecule has 0 unspecified atom stereocenters. The summed E-state index contributed by atoms with van der Waals surface area (Å²) in [5.41, 5.74) is -0.451. The van der Waals surface area contributed by atoms with Crippen LogP contribution in [0.1, 0.15) is 15.4 Å². The van der Waals surface area contributed by atoms with Gasteiger partial charge in [-0.2, -0.15) is 0 Å². The van der Waals surface area contributed by atoms with Gasteiger partial charge < -0.3 is 10.0 Å². The number of nitrogens with zero attached hydrogens (tertiary/aromatic N) is 3. The molecule has 0 atom stereocenters. The van der Waals surface area contributed by atoms with Crippen LogP contribution in [0, 0.1) is 10.1 Å². The van der Waals surface area contributed by atoms with Crippen molar-refractivity contribution in [2.75, 3.05) is 11.9 Å². The Morgan fingerprint density at radius 1 is 1.57 bits per heavy atom. The fourth-order valence-corrected chi connectivity index (χ4v) is 3.23. The van der Waals surface area contributed by atoms with Crippen molar-refractivity contribution < 1.29 is 14.8 Å². The van der Waals surface area contributed by atoms with Crippen molar-refractivity contribution in [2.24, 2.45) is 0 Å². The number of aromatic nitrogens is 1. The Balaban J connectivity index is 2.37. The lowest BCUT2D eigenvalue weighted by molar-refractivity contribution is -0.384. The van der Waals surface area contributed by atoms with Gasteiger partial charge in [-0.15, -0.1) is 11.3 Å². The van der Waals surface area contributed by atoms with E-state index < -0.39 is 10.9 Å². The molecule has 0 aliphatic carbocycles. The molecule has 9 heteroatoms. The fourth-order valence-electron chi connectivity index (χ4n) is 1.73. The van der Waals surface area contributed by atoms with Gasteiger partial charge in [0, 0.05) is 27.8 Å². The smallest absolute Gasteiger partial charge is 0.354 e. The molecule has 2 rings (SSSR count). The van der Waals surface area contributed by atoms with Crippen molar-refractivity contribution in [3.8, 4) is 0 Å². The molecule has 7 nitrogen and oxygen atoms in total. The first-order valence-corrected chi connectivity index (χ1v) is 7.38. The Labute approximate surface area is 132 Å². The molecule has 2 aromatic rings. The number of anilines is 1. The summed E-state index contributed by atoms with van der Waals surface area (Å²) in [7, 11) is 1.63. The summed E-state index contributed by atoms with van der Waals surface area (Å²) in [5, 5.41) is 21.9. The minimum Gasteiger partial charge on any atom is -0.477 e. The molecule has 110 valence electrons. The van der Waals surface area contributed by atoms with Gasteiger partial charge in [0.1, 0.15) is 0 Å². The van der Waals surface area contributed by atoms with Crippen LogP contribution in [-0.4, -0.2) is 28.0 Å². The minimum absolute atomic E-state index is 0.0319. The Kier molecular flexibility index (Phi) is 4.53. The number of hydrogen-bond acceptors (Lipinski definition) is 6. The second-order valence-electron chi connectivity index (χ2n) is 4.19. The third-order valence-electron chi connectivity index (χ3n) is 2.65. The van der Waals surface area contributed by atoms with Gasteiger partial charge in [0.05, 0.1) is 11.5 Å². The van der Waals surface area contributed by atoms with Gasteiger partial charge in [0.2, 0.25) is 5.82 Å². The number of carbonyl (C=O) groups is 1. The van der Waals surface area contributed by atoms with Crippen LogP contribution < -0.4 is 4.90 Å². The van der Waals surface area contributed by atoms with Crippen molar-refractivity contribution in [1.29, 1.82) is 0 Å². The number of pyridine rings is 1. The number of rotatable bonds is 5. The highest BCUT2D eigenvalue weighted by Crippen LogP contribution is 2.28. The summed E-state index contributed by atoms with van der Waals surface area (Å²) in [6, 6.07) is 4.18. The zero-order valence-electron chi connectivity index (χ0n) is 10.8. The molecule has 0 aliphatic rings. The molecule has 0 spiro atoms. The number of hydrogen-bond donors (Lipinski definition) is 1. The molecule has 0 fully saturated rings. The van der Waals surface area contributed by atoms with E-state index in [2.05, 4.69) is 20.9 Å². The number of thiophene rings is 1. The van der Waals surface area contributed by atoms with E-state index in [1.807, 2.05) is 11.4 Å². The first-order chi connectivity index (χ1) is 9.88. The van der Waals surface area contributed by atoms with Crippen molar-refractivity contribution in [3.63, 3.8) is 0 Å². The van der Waals surface area contributed by atoms with Crippen LogP contribution in [0.5, 0.6) is 0 Å². The zero-order chi connectivity index (χ0) is 15.6. The molecule has 21 heavy (non-hydrogen) atoms. The maximum Gasteiger partial charge on any atom is 0.354 e. The van der Waals surface area contributed by atoms with Gasteiger partial charge in [-0.25, -0.2) is 9.78 Å². The number of halogens is 1. The van der Waals surface area contributed by atoms with E-state index >= 15 is 0 Å². The minimum atomic E-state index is -1.22. The van der Waals surface area contributed by atoms with E-state index in [-0.39, 0.29) is 17.2 Å². The standard InChI is InChI=1S/C12H10BrN3O4S/c1-15(5-8-4-7(13)6-21-8)11-10(16(19)20)3-2-9(14-11)12(17)18/h2-4,6H,5H2,1H3,(H,17,18). The predicted octanol–water partition coefficient (Wildman–Crippen LogP) is 3.15. The number of aromatic carboxylic acids is 1. The van der Waals surface area contributed by atoms with Crippen molar-refractivity contribution >= 4 is 44.7 Å². The molecule has 0 bridgehead atoms. The summed E-state index contributed by atoms with van der Waals surface area (Å²) in [6.07, 6.45) is 0. The lowest BCUT2D eigenvalue weighted by Gasteiger charge is -2.17. The molecular formula is C12H10BrN3O4S. The molecule has 1 N–H and O–H groups in total. The Morgan fingerprint density at radius 2 is 2.29 bits per heavy atom. The van der Waals surface area contributed by atoms with Crippen LogP contribution in [0.15, 0.2) is 28.1 Å². The number of carboxylic acid groups (broad SMARTS) is 1. The van der Waals surface area contributed by atoms with Crippen LogP contribution in [0.4, 0.5) is 11.5 Å². The average molecular weight is 372 g/mol. The molecule has 0 aromatic carbocycles. The zero-order valence-corrected chi connectivity index (χ0v) is 13.2. The summed E-state index contributed by atoms with van der Waals surface area (Å²) in [5.74, 6) is -1.19. The lowest BCUT2D eigenvalue weighted by Crippen LogP contribution is -2.19. The first-order valence-electron chi connectivity index (χ1n) is 5.71. The van der Waals surface area contributed by atoms with Crippen LogP contribution in [0.25, 0.3) is 0 Å². The lowest BCUT2D eigenvalue weighted by atomic mass is 10.3. The second-order valence-corrected chi connectivity index (χ2v) is 6.10. The third kappa shape index (κ3) is 3.56. The van der Waals surface area contributed by atoms with Gasteiger partial charge in [0.15, 0.2) is 5.69 Å². The van der Waals surface area contributed by atoms with E-state index in [9.17, 15) is 14.9 Å². The molecule has 2 heterocycles. The molecule has 0 saturated carbocycles. The molecule has 0 saturated heterocycles. The maximum atomic E-state index is 11.1. The van der Waals surface area contributed by atoms with Crippen molar-refractivity contribution in [1.82, 2.24) is 4.98 Å². The maximum absolute atomic E-state index is 11.1. The SMILES string of the molecule is CN(Cc1cc(Br)cs1)c1nc(C(=O)O)ccc1[N+](=O)[O-]. The third-order valence-corrected chi connectivity index (χ3v) is 4.33. The largest absolute Gasteiger partial charge is 0.477 e. The van der Waals surface area contributed by atoms with E-state index in [1.165, 1.54) is 11.3 Å². The molecule has 0 radical (unpaired) electrons. The summed E-state index contributed by atoms with van der Waals surface area (Å²) < 4.78 is 0.928. The van der Waals surface area contributed by atoms with Crippen LogP contribution >= 0.6 is 27.3 Å². The Bertz CT molecular complexity index is 704. The van der Waals surface area contributed by atoms with Crippen molar-refractivity contribution in [2.45, 2.75) is 6.54 Å². The summed E-state index contributed by atoms with van der Waals surface area (Å²) >= 11 is 4.83. The van der Waals surface area contributed by atoms with E-state index in [4.69, 9.17) is 5.11 Å². The van der Waals surface area contributed by atoms with Gasteiger partial charge in [-0.3, -0.25) is 10.1 Å². The van der Waals surface area contributed by atoms with Gasteiger partial charge in [-0.1, -0.05) is 0 Å². The molecule has 0 aliphatic heterocycles. The van der Waals surface area contributed by atoms with Gasteiger partial charge >= 0.3 is 11.7 Å². The van der Waals surface area contributed by atoms with Crippen LogP contribution in [0.3, 0.4) is 0 Å². The molecule has 2 aromatic heterocycles. The van der Waals surface area contributed by atoms with E-state index in [0.717, 1.165) is 21.5 Å². The highest BCUT2D eigenvalue weighted by Gasteiger charge is 2.21. The molecular weight excluding hydrogens is 362 g/mol. The highest BCUT2D eigenvalue weighted by atomic mass is 79.9. The van der Waals surface area contributed by atoms with Gasteiger partial charge in [0.25, 0.3) is 0 Å². The predicted molar refractivity (Wildman–Crippen MR) is 82.0 cm³/mol. The fraction of sp³-hybridized carbons (Fsp3) is 0.167. The Morgan fingerprint density at radius 3 is 2.81 bits per heavy atom.